The zero-order chi connectivity index (χ0) is 9.14. The van der Waals surface area contributed by atoms with Gasteiger partial charge in [0.2, 0.25) is 0 Å². The molecule has 0 spiro atoms. The lowest BCUT2D eigenvalue weighted by Crippen LogP contribution is -2.15. The Morgan fingerprint density at radius 3 is 2.58 bits per heavy atom. The molecule has 0 aliphatic carbocycles. The van der Waals surface area contributed by atoms with Crippen molar-refractivity contribution in [3.8, 4) is 0 Å². The van der Waals surface area contributed by atoms with Gasteiger partial charge in [-0.15, -0.1) is 0 Å². The monoisotopic (exact) mass is 168 g/mol. The number of alkyl halides is 1. The van der Waals surface area contributed by atoms with Gasteiger partial charge in [0.1, 0.15) is 6.67 Å². The van der Waals surface area contributed by atoms with Crippen molar-refractivity contribution in [1.82, 2.24) is 0 Å². The van der Waals surface area contributed by atoms with Crippen LogP contribution in [-0.2, 0) is 6.67 Å². The van der Waals surface area contributed by atoms with E-state index in [1.807, 2.05) is 0 Å². The fourth-order valence-corrected chi connectivity index (χ4v) is 1.03. The number of hydrogen-bond donors (Lipinski definition) is 2. The third-order valence-corrected chi connectivity index (χ3v) is 1.57. The van der Waals surface area contributed by atoms with Gasteiger partial charge in [-0.1, -0.05) is 12.1 Å². The second-order valence-electron chi connectivity index (χ2n) is 2.38. The molecule has 0 radical (unpaired) electrons. The highest BCUT2D eigenvalue weighted by molar-refractivity contribution is 5.99. The first kappa shape index (κ1) is 8.52. The van der Waals surface area contributed by atoms with Gasteiger partial charge in [-0.05, 0) is 11.6 Å². The molecule has 12 heavy (non-hydrogen) atoms. The molecule has 3 nitrogen and oxygen atoms in total. The normalized spacial score (nSPS) is 9.75. The van der Waals surface area contributed by atoms with Gasteiger partial charge in [0.15, 0.2) is 0 Å². The number of carbonyl (C=O) groups excluding carboxylic acids is 1. The van der Waals surface area contributed by atoms with E-state index >= 15 is 0 Å². The highest BCUT2D eigenvalue weighted by Gasteiger charge is 2.10. The van der Waals surface area contributed by atoms with Crippen molar-refractivity contribution in [2.75, 3.05) is 5.73 Å². The molecular weight excluding hydrogens is 159 g/mol. The molecule has 0 fully saturated rings. The Kier molecular flexibility index (Phi) is 2.28. The Labute approximate surface area is 69.2 Å². The van der Waals surface area contributed by atoms with Gasteiger partial charge in [-0.3, -0.25) is 4.79 Å². The molecular formula is C8H9FN2O. The molecule has 0 atom stereocenters. The molecule has 1 rings (SSSR count). The van der Waals surface area contributed by atoms with Gasteiger partial charge in [-0.25, -0.2) is 4.39 Å². The van der Waals surface area contributed by atoms with E-state index in [1.165, 1.54) is 12.1 Å². The van der Waals surface area contributed by atoms with E-state index in [9.17, 15) is 9.18 Å². The highest BCUT2D eigenvalue weighted by Crippen LogP contribution is 2.16. The van der Waals surface area contributed by atoms with E-state index in [-0.39, 0.29) is 16.8 Å². The van der Waals surface area contributed by atoms with E-state index in [1.54, 1.807) is 6.07 Å². The van der Waals surface area contributed by atoms with Gasteiger partial charge in [0, 0.05) is 5.69 Å². The second kappa shape index (κ2) is 3.21. The van der Waals surface area contributed by atoms with Crippen molar-refractivity contribution in [1.29, 1.82) is 0 Å². The first-order valence-corrected chi connectivity index (χ1v) is 3.40. The Morgan fingerprint density at radius 2 is 2.17 bits per heavy atom. The topological polar surface area (TPSA) is 69.1 Å². The summed E-state index contributed by atoms with van der Waals surface area (Å²) < 4.78 is 12.3. The molecule has 0 aliphatic heterocycles. The maximum atomic E-state index is 12.3. The lowest BCUT2D eigenvalue weighted by Gasteiger charge is -2.04. The molecule has 1 aromatic rings. The van der Waals surface area contributed by atoms with Crippen LogP contribution in [0.3, 0.4) is 0 Å². The molecule has 64 valence electrons. The van der Waals surface area contributed by atoms with E-state index in [2.05, 4.69) is 0 Å². The largest absolute Gasteiger partial charge is 0.398 e. The summed E-state index contributed by atoms with van der Waals surface area (Å²) in [7, 11) is 0. The standard InChI is InChI=1S/C8H9FN2O/c9-4-5-2-1-3-6(10)7(5)8(11)12/h1-3H,4,10H2,(H2,11,12). The Morgan fingerprint density at radius 1 is 1.50 bits per heavy atom. The molecule has 0 aliphatic rings. The van der Waals surface area contributed by atoms with Crippen molar-refractivity contribution in [3.05, 3.63) is 29.3 Å². The molecule has 1 amide bonds. The molecule has 0 heterocycles. The van der Waals surface area contributed by atoms with E-state index in [0.717, 1.165) is 0 Å². The number of carbonyl (C=O) groups is 1. The SMILES string of the molecule is NC(=O)c1c(N)cccc1CF. The van der Waals surface area contributed by atoms with Crippen LogP contribution in [0.4, 0.5) is 10.1 Å². The van der Waals surface area contributed by atoms with Crippen LogP contribution in [0.25, 0.3) is 0 Å². The van der Waals surface area contributed by atoms with Gasteiger partial charge in [0.05, 0.1) is 5.56 Å². The average molecular weight is 168 g/mol. The summed E-state index contributed by atoms with van der Waals surface area (Å²) in [4.78, 5) is 10.8. The molecule has 1 aromatic carbocycles. The number of rotatable bonds is 2. The third kappa shape index (κ3) is 1.37. The van der Waals surface area contributed by atoms with Crippen molar-refractivity contribution in [3.63, 3.8) is 0 Å². The lowest BCUT2D eigenvalue weighted by molar-refractivity contribution is 0.0999. The first-order chi connectivity index (χ1) is 5.66. The van der Waals surface area contributed by atoms with Crippen LogP contribution in [0.1, 0.15) is 15.9 Å². The van der Waals surface area contributed by atoms with Crippen LogP contribution in [-0.4, -0.2) is 5.91 Å². The molecule has 4 N–H and O–H groups in total. The fraction of sp³-hybridized carbons (Fsp3) is 0.125. The third-order valence-electron chi connectivity index (χ3n) is 1.57. The number of nitrogens with two attached hydrogens (primary N) is 2. The minimum atomic E-state index is -0.733. The van der Waals surface area contributed by atoms with Crippen LogP contribution in [0.2, 0.25) is 0 Å². The predicted molar refractivity (Wildman–Crippen MR) is 44.2 cm³/mol. The summed E-state index contributed by atoms with van der Waals surface area (Å²) in [6.45, 7) is -0.733. The number of nitrogen functional groups attached to an aromatic ring is 1. The molecule has 4 heteroatoms. The van der Waals surface area contributed by atoms with Gasteiger partial charge >= 0.3 is 0 Å². The molecule has 0 bridgehead atoms. The maximum Gasteiger partial charge on any atom is 0.251 e. The number of benzene rings is 1. The van der Waals surface area contributed by atoms with Crippen molar-refractivity contribution < 1.29 is 9.18 Å². The van der Waals surface area contributed by atoms with Gasteiger partial charge in [-0.2, -0.15) is 0 Å². The number of anilines is 1. The minimum absolute atomic E-state index is 0.0833. The summed E-state index contributed by atoms with van der Waals surface area (Å²) in [5.41, 5.74) is 11.0. The number of primary amides is 1. The van der Waals surface area contributed by atoms with Crippen LogP contribution < -0.4 is 11.5 Å². The number of hydrogen-bond acceptors (Lipinski definition) is 2. The zero-order valence-electron chi connectivity index (χ0n) is 6.38. The lowest BCUT2D eigenvalue weighted by atomic mass is 10.1. The van der Waals surface area contributed by atoms with E-state index in [4.69, 9.17) is 11.5 Å². The smallest absolute Gasteiger partial charge is 0.251 e. The fourth-order valence-electron chi connectivity index (χ4n) is 1.03. The predicted octanol–water partition coefficient (Wildman–Crippen LogP) is 0.837. The summed E-state index contributed by atoms with van der Waals surface area (Å²) in [6, 6.07) is 4.58. The molecule has 0 unspecified atom stereocenters. The summed E-state index contributed by atoms with van der Waals surface area (Å²) in [6.07, 6.45) is 0. The Bertz CT molecular complexity index is 312. The average Bonchev–Trinajstić information content (AvgIpc) is 2.03. The van der Waals surface area contributed by atoms with Crippen LogP contribution in [0, 0.1) is 0 Å². The van der Waals surface area contributed by atoms with Crippen molar-refractivity contribution in [2.24, 2.45) is 5.73 Å². The summed E-state index contributed by atoms with van der Waals surface area (Å²) in [5, 5.41) is 0. The highest BCUT2D eigenvalue weighted by atomic mass is 19.1. The summed E-state index contributed by atoms with van der Waals surface area (Å²) >= 11 is 0. The number of halogens is 1. The van der Waals surface area contributed by atoms with E-state index in [0.29, 0.717) is 0 Å². The molecule has 0 aromatic heterocycles. The minimum Gasteiger partial charge on any atom is -0.398 e. The van der Waals surface area contributed by atoms with Crippen LogP contribution >= 0.6 is 0 Å². The van der Waals surface area contributed by atoms with Crippen molar-refractivity contribution in [2.45, 2.75) is 6.67 Å². The van der Waals surface area contributed by atoms with Crippen molar-refractivity contribution >= 4 is 11.6 Å². The first-order valence-electron chi connectivity index (χ1n) is 3.40. The Balaban J connectivity index is 3.29. The maximum absolute atomic E-state index is 12.3. The Hall–Kier alpha value is -1.58. The van der Waals surface area contributed by atoms with Gasteiger partial charge < -0.3 is 11.5 Å². The van der Waals surface area contributed by atoms with Crippen LogP contribution in [0.15, 0.2) is 18.2 Å². The zero-order valence-corrected chi connectivity index (χ0v) is 6.38. The quantitative estimate of drug-likeness (QED) is 0.642. The van der Waals surface area contributed by atoms with E-state index < -0.39 is 12.6 Å². The summed E-state index contributed by atoms with van der Waals surface area (Å²) in [5.74, 6) is -0.694. The van der Waals surface area contributed by atoms with Gasteiger partial charge in [0.25, 0.3) is 5.91 Å². The number of amides is 1. The molecule has 0 saturated carbocycles. The second-order valence-corrected chi connectivity index (χ2v) is 2.38. The van der Waals surface area contributed by atoms with Crippen LogP contribution in [0.5, 0.6) is 0 Å². The molecule has 0 saturated heterocycles.